The van der Waals surface area contributed by atoms with Crippen molar-refractivity contribution in [1.29, 1.82) is 0 Å². The first-order valence-corrected chi connectivity index (χ1v) is 6.41. The van der Waals surface area contributed by atoms with Crippen molar-refractivity contribution < 1.29 is 15.1 Å². The maximum Gasteiger partial charge on any atom is 0.631 e. The molecular weight excluding hydrogens is 218 g/mol. The van der Waals surface area contributed by atoms with Gasteiger partial charge in [-0.2, -0.15) is 0 Å². The number of hydrogen-bond donors (Lipinski definition) is 3. The van der Waals surface area contributed by atoms with E-state index in [9.17, 15) is 0 Å². The van der Waals surface area contributed by atoms with Crippen molar-refractivity contribution in [3.05, 3.63) is 29.8 Å². The Morgan fingerprint density at radius 1 is 1.00 bits per heavy atom. The monoisotopic (exact) mass is 234 g/mol. The average molecular weight is 234 g/mol. The summed E-state index contributed by atoms with van der Waals surface area (Å²) >= 11 is 0.823. The molecule has 0 bridgehead atoms. The van der Waals surface area contributed by atoms with Gasteiger partial charge in [0.2, 0.25) is 0 Å². The molecular formula is C10H16BKO3. The van der Waals surface area contributed by atoms with Gasteiger partial charge in [-0.05, 0) is 0 Å². The van der Waals surface area contributed by atoms with E-state index in [0.717, 1.165) is 49.0 Å². The summed E-state index contributed by atoms with van der Waals surface area (Å²) in [4.78, 5) is 0. The quantitative estimate of drug-likeness (QED) is 0.541. The summed E-state index contributed by atoms with van der Waals surface area (Å²) in [6.45, 7) is 6.75. The first kappa shape index (κ1) is 15.8. The van der Waals surface area contributed by atoms with Crippen LogP contribution >= 0.6 is 0 Å². The summed E-state index contributed by atoms with van der Waals surface area (Å²) in [7, 11) is -2.17. The summed E-state index contributed by atoms with van der Waals surface area (Å²) in [6.07, 6.45) is 0. The topological polar surface area (TPSA) is 60.7 Å². The van der Waals surface area contributed by atoms with E-state index in [-0.39, 0.29) is 0 Å². The van der Waals surface area contributed by atoms with Gasteiger partial charge in [-0.3, -0.25) is 0 Å². The molecule has 0 atom stereocenters. The Hall–Kier alpha value is 0.801. The minimum Gasteiger partial charge on any atom is -0.402 e. The molecule has 0 saturated carbocycles. The molecule has 0 radical (unpaired) electrons. The van der Waals surface area contributed by atoms with Crippen LogP contribution in [-0.4, -0.2) is 71.3 Å². The van der Waals surface area contributed by atoms with Gasteiger partial charge in [0.15, 0.2) is 0 Å². The van der Waals surface area contributed by atoms with Crippen molar-refractivity contribution in [2.45, 2.75) is 26.2 Å². The molecule has 1 rings (SSSR count). The van der Waals surface area contributed by atoms with Crippen molar-refractivity contribution in [2.24, 2.45) is 0 Å². The number of hydrogen-bond acceptors (Lipinski definition) is 3. The molecule has 0 aliphatic heterocycles. The van der Waals surface area contributed by atoms with E-state index >= 15 is 0 Å². The molecule has 5 heteroatoms. The predicted octanol–water partition coefficient (Wildman–Crippen LogP) is -0.274. The smallest absolute Gasteiger partial charge is 0.402 e. The molecule has 0 amide bonds. The summed E-state index contributed by atoms with van der Waals surface area (Å²) in [5, 5.41) is 21.5. The molecule has 0 aliphatic carbocycles. The average Bonchev–Trinajstić information content (AvgIpc) is 2.01. The molecule has 15 heavy (non-hydrogen) atoms. The second-order valence-electron chi connectivity index (χ2n) is 4.46. The molecule has 1 aromatic rings. The van der Waals surface area contributed by atoms with Crippen LogP contribution in [0.1, 0.15) is 26.3 Å². The van der Waals surface area contributed by atoms with E-state index in [1.54, 1.807) is 0 Å². The van der Waals surface area contributed by atoms with Crippen molar-refractivity contribution in [3.63, 3.8) is 0 Å². The standard InChI is InChI=1S/C10H13.BH3O3.K/c1-10(2,3)9-7-5-4-6-8-9;2-1(3)4;/h5-8H,1-3H3;2-4H;. The van der Waals surface area contributed by atoms with E-state index in [0.29, 0.717) is 5.41 Å². The Morgan fingerprint density at radius 3 is 1.60 bits per heavy atom. The van der Waals surface area contributed by atoms with Gasteiger partial charge in [0, 0.05) is 0 Å². The third kappa shape index (κ3) is 8.59. The first-order valence-electron chi connectivity index (χ1n) is 4.85. The molecule has 0 aliphatic rings. The second-order valence-corrected chi connectivity index (χ2v) is 6.27. The van der Waals surface area contributed by atoms with Crippen molar-refractivity contribution in [1.82, 2.24) is 0 Å². The van der Waals surface area contributed by atoms with Gasteiger partial charge >= 0.3 is 112 Å². The van der Waals surface area contributed by atoms with Crippen molar-refractivity contribution in [3.8, 4) is 0 Å². The summed E-state index contributed by atoms with van der Waals surface area (Å²) < 4.78 is 1.52. The maximum absolute atomic E-state index is 7.17. The zero-order valence-corrected chi connectivity index (χ0v) is 12.9. The van der Waals surface area contributed by atoms with Crippen LogP contribution in [0.2, 0.25) is 0 Å². The second kappa shape index (κ2) is 7.19. The minimum absolute atomic E-state index is 0.306. The van der Waals surface area contributed by atoms with Crippen LogP contribution in [0.25, 0.3) is 0 Å². The van der Waals surface area contributed by atoms with Gasteiger partial charge in [-0.25, -0.2) is 0 Å². The minimum atomic E-state index is -2.17. The van der Waals surface area contributed by atoms with Crippen LogP contribution in [0, 0.1) is 0 Å². The van der Waals surface area contributed by atoms with Gasteiger partial charge in [0.25, 0.3) is 0 Å². The largest absolute Gasteiger partial charge is 0.631 e. The molecule has 3 nitrogen and oxygen atoms in total. The van der Waals surface area contributed by atoms with Crippen LogP contribution in [0.15, 0.2) is 24.3 Å². The Labute approximate surface area is 125 Å². The fourth-order valence-electron chi connectivity index (χ4n) is 1.05. The zero-order chi connectivity index (χ0) is 12.1. The predicted molar refractivity (Wildman–Crippen MR) is 62.9 cm³/mol. The van der Waals surface area contributed by atoms with E-state index in [4.69, 9.17) is 15.1 Å². The van der Waals surface area contributed by atoms with Crippen LogP contribution in [0.4, 0.5) is 0 Å². The zero-order valence-electron chi connectivity index (χ0n) is 9.73. The van der Waals surface area contributed by atoms with Crippen molar-refractivity contribution >= 4 is 55.9 Å². The SMILES string of the molecule is CC(C)(C)c1cc[c]([K])cc1.OB(O)O. The molecule has 78 valence electrons. The van der Waals surface area contributed by atoms with E-state index in [1.165, 1.54) is 5.22 Å². The molecule has 0 unspecified atom stereocenters. The van der Waals surface area contributed by atoms with Crippen LogP contribution in [-0.2, 0) is 5.41 Å². The Bertz CT molecular complexity index is 277. The van der Waals surface area contributed by atoms with Crippen LogP contribution < -0.4 is -0.342 Å². The fraction of sp³-hybridized carbons (Fsp3) is 0.400. The number of benzene rings is 1. The Balaban J connectivity index is 0.000000423. The normalized spacial score (nSPS) is 10.4. The van der Waals surface area contributed by atoms with Crippen LogP contribution in [0.3, 0.4) is 0 Å². The summed E-state index contributed by atoms with van der Waals surface area (Å²) in [5.74, 6) is 0. The molecule has 0 aromatic heterocycles. The molecule has 0 heterocycles. The molecule has 0 fully saturated rings. The number of rotatable bonds is 0. The van der Waals surface area contributed by atoms with Gasteiger partial charge in [0.1, 0.15) is 0 Å². The Kier molecular flexibility index (Phi) is 7.57. The summed E-state index contributed by atoms with van der Waals surface area (Å²) in [5.41, 5.74) is 1.74. The molecule has 1 aromatic carbocycles. The van der Waals surface area contributed by atoms with E-state index in [2.05, 4.69) is 45.0 Å². The van der Waals surface area contributed by atoms with Crippen LogP contribution in [0.5, 0.6) is 0 Å². The van der Waals surface area contributed by atoms with Gasteiger partial charge in [-0.1, -0.05) is 0 Å². The fourth-order valence-corrected chi connectivity index (χ4v) is 1.57. The van der Waals surface area contributed by atoms with Gasteiger partial charge in [-0.15, -0.1) is 0 Å². The van der Waals surface area contributed by atoms with E-state index in [1.807, 2.05) is 0 Å². The maximum atomic E-state index is 7.17. The third-order valence-corrected chi connectivity index (χ3v) is 2.96. The van der Waals surface area contributed by atoms with Gasteiger partial charge < -0.3 is 15.1 Å². The van der Waals surface area contributed by atoms with Crippen molar-refractivity contribution in [2.75, 3.05) is 0 Å². The summed E-state index contributed by atoms with van der Waals surface area (Å²) in [6, 6.07) is 9.00. The third-order valence-electron chi connectivity index (χ3n) is 1.92. The van der Waals surface area contributed by atoms with Gasteiger partial charge in [0.05, 0.1) is 0 Å². The molecule has 0 spiro atoms. The van der Waals surface area contributed by atoms with E-state index < -0.39 is 7.32 Å². The Morgan fingerprint density at radius 2 is 1.33 bits per heavy atom. The molecule has 0 saturated heterocycles. The molecule has 3 N–H and O–H groups in total. The first-order chi connectivity index (χ1) is 6.73.